The normalized spacial score (nSPS) is 18.9. The summed E-state index contributed by atoms with van der Waals surface area (Å²) in [7, 11) is -3.31. The van der Waals surface area contributed by atoms with E-state index in [1.165, 1.54) is 6.20 Å². The van der Waals surface area contributed by atoms with Gasteiger partial charge in [0.2, 0.25) is 10.0 Å². The Morgan fingerprint density at radius 2 is 2.26 bits per heavy atom. The first-order valence-electron chi connectivity index (χ1n) is 7.61. The van der Waals surface area contributed by atoms with Crippen LogP contribution < -0.4 is 9.62 Å². The third-order valence-electron chi connectivity index (χ3n) is 4.04. The molecule has 8 heteroatoms. The van der Waals surface area contributed by atoms with Gasteiger partial charge >= 0.3 is 0 Å². The van der Waals surface area contributed by atoms with E-state index >= 15 is 0 Å². The zero-order valence-corrected chi connectivity index (χ0v) is 14.1. The molecule has 3 rings (SSSR count). The molecule has 1 aliphatic heterocycles. The average molecular weight is 335 g/mol. The van der Waals surface area contributed by atoms with Gasteiger partial charge in [-0.2, -0.15) is 5.10 Å². The Labute approximate surface area is 136 Å². The van der Waals surface area contributed by atoms with E-state index in [2.05, 4.69) is 30.9 Å². The number of H-pyrrole nitrogens is 1. The number of aryl methyl sites for hydroxylation is 1. The third-order valence-corrected chi connectivity index (χ3v) is 4.63. The number of nitrogens with one attached hydrogen (secondary N) is 2. The highest BCUT2D eigenvalue weighted by Crippen LogP contribution is 2.32. The van der Waals surface area contributed by atoms with Crippen LogP contribution in [0.25, 0.3) is 0 Å². The molecule has 7 nitrogen and oxygen atoms in total. The van der Waals surface area contributed by atoms with Gasteiger partial charge in [0.1, 0.15) is 0 Å². The van der Waals surface area contributed by atoms with Crippen molar-refractivity contribution < 1.29 is 8.42 Å². The summed E-state index contributed by atoms with van der Waals surface area (Å²) in [6.45, 7) is 3.79. The van der Waals surface area contributed by atoms with E-state index in [1.807, 2.05) is 19.2 Å². The first kappa shape index (κ1) is 15.8. The van der Waals surface area contributed by atoms with Gasteiger partial charge in [0, 0.05) is 36.6 Å². The highest BCUT2D eigenvalue weighted by Gasteiger charge is 2.25. The largest absolute Gasteiger partial charge is 0.371 e. The predicted octanol–water partition coefficient (Wildman–Crippen LogP) is 1.87. The van der Waals surface area contributed by atoms with Crippen molar-refractivity contribution in [3.8, 4) is 0 Å². The first-order valence-corrected chi connectivity index (χ1v) is 9.50. The molecule has 0 spiro atoms. The van der Waals surface area contributed by atoms with E-state index in [9.17, 15) is 8.42 Å². The van der Waals surface area contributed by atoms with Gasteiger partial charge in [-0.25, -0.2) is 8.42 Å². The van der Waals surface area contributed by atoms with Crippen molar-refractivity contribution in [2.24, 2.45) is 0 Å². The topological polar surface area (TPSA) is 91.0 Å². The summed E-state index contributed by atoms with van der Waals surface area (Å²) in [5, 5.41) is 6.98. The number of anilines is 2. The van der Waals surface area contributed by atoms with Crippen molar-refractivity contribution in [2.45, 2.75) is 25.7 Å². The Balaban J connectivity index is 1.81. The fourth-order valence-electron chi connectivity index (χ4n) is 3.06. The molecule has 0 aliphatic carbocycles. The molecule has 1 fully saturated rings. The standard InChI is InChI=1S/C15H21N5O2S/c1-11-8-13(5-6-16-11)20-7-3-4-12(10-20)15-14(9-17-18-15)19-23(2,21)22/h5-6,8-9,12,19H,3-4,7,10H2,1-2H3,(H,17,18). The minimum atomic E-state index is -3.31. The van der Waals surface area contributed by atoms with Crippen molar-refractivity contribution >= 4 is 21.4 Å². The van der Waals surface area contributed by atoms with E-state index in [1.54, 1.807) is 0 Å². The summed E-state index contributed by atoms with van der Waals surface area (Å²) in [6, 6.07) is 4.09. The van der Waals surface area contributed by atoms with Crippen LogP contribution in [0.4, 0.5) is 11.4 Å². The number of pyridine rings is 1. The smallest absolute Gasteiger partial charge is 0.229 e. The number of aromatic amines is 1. The minimum absolute atomic E-state index is 0.212. The predicted molar refractivity (Wildman–Crippen MR) is 90.2 cm³/mol. The zero-order valence-electron chi connectivity index (χ0n) is 13.3. The molecule has 1 saturated heterocycles. The molecule has 1 unspecified atom stereocenters. The number of nitrogens with zero attached hydrogens (tertiary/aromatic N) is 3. The van der Waals surface area contributed by atoms with E-state index in [-0.39, 0.29) is 5.92 Å². The van der Waals surface area contributed by atoms with Crippen LogP contribution in [-0.4, -0.2) is 42.9 Å². The number of rotatable bonds is 4. The second-order valence-electron chi connectivity index (χ2n) is 6.01. The van der Waals surface area contributed by atoms with Gasteiger partial charge in [0.25, 0.3) is 0 Å². The van der Waals surface area contributed by atoms with Crippen LogP contribution in [0.5, 0.6) is 0 Å². The molecule has 0 aromatic carbocycles. The molecule has 2 aromatic heterocycles. The van der Waals surface area contributed by atoms with E-state index in [4.69, 9.17) is 0 Å². The molecule has 0 saturated carbocycles. The number of sulfonamides is 1. The van der Waals surface area contributed by atoms with Crippen molar-refractivity contribution in [1.82, 2.24) is 15.2 Å². The maximum atomic E-state index is 11.5. The van der Waals surface area contributed by atoms with Gasteiger partial charge in [-0.05, 0) is 31.9 Å². The van der Waals surface area contributed by atoms with Crippen molar-refractivity contribution in [3.63, 3.8) is 0 Å². The first-order chi connectivity index (χ1) is 10.9. The Bertz CT molecular complexity index is 787. The van der Waals surface area contributed by atoms with Crippen molar-refractivity contribution in [1.29, 1.82) is 0 Å². The van der Waals surface area contributed by atoms with Crippen molar-refractivity contribution in [3.05, 3.63) is 35.9 Å². The fraction of sp³-hybridized carbons (Fsp3) is 0.467. The Kier molecular flexibility index (Phi) is 4.25. The quantitative estimate of drug-likeness (QED) is 0.890. The SMILES string of the molecule is Cc1cc(N2CCCC(c3[nH]ncc3NS(C)(=O)=O)C2)ccn1. The lowest BCUT2D eigenvalue weighted by molar-refractivity contribution is 0.501. The fourth-order valence-corrected chi connectivity index (χ4v) is 3.63. The molecular formula is C15H21N5O2S. The molecule has 1 atom stereocenters. The molecule has 0 radical (unpaired) electrons. The van der Waals surface area contributed by atoms with Gasteiger partial charge in [0.05, 0.1) is 23.8 Å². The highest BCUT2D eigenvalue weighted by atomic mass is 32.2. The second-order valence-corrected chi connectivity index (χ2v) is 7.76. The molecule has 2 aromatic rings. The molecular weight excluding hydrogens is 314 g/mol. The second kappa shape index (κ2) is 6.19. The molecule has 0 amide bonds. The minimum Gasteiger partial charge on any atom is -0.371 e. The van der Waals surface area contributed by atoms with Crippen LogP contribution in [0.3, 0.4) is 0 Å². The van der Waals surface area contributed by atoms with Gasteiger partial charge in [0.15, 0.2) is 0 Å². The third kappa shape index (κ3) is 3.82. The van der Waals surface area contributed by atoms with Gasteiger partial charge in [-0.15, -0.1) is 0 Å². The monoisotopic (exact) mass is 335 g/mol. The molecule has 23 heavy (non-hydrogen) atoms. The lowest BCUT2D eigenvalue weighted by Crippen LogP contribution is -2.34. The molecule has 1 aliphatic rings. The summed E-state index contributed by atoms with van der Waals surface area (Å²) in [5.41, 5.74) is 3.54. The van der Waals surface area contributed by atoms with Crippen LogP contribution in [-0.2, 0) is 10.0 Å². The Hall–Kier alpha value is -2.09. The molecule has 2 N–H and O–H groups in total. The van der Waals surface area contributed by atoms with E-state index < -0.39 is 10.0 Å². The van der Waals surface area contributed by atoms with Crippen molar-refractivity contribution in [2.75, 3.05) is 29.0 Å². The van der Waals surface area contributed by atoms with Gasteiger partial charge < -0.3 is 4.90 Å². The summed E-state index contributed by atoms with van der Waals surface area (Å²) in [6.07, 6.45) is 6.55. The van der Waals surface area contributed by atoms with Crippen LogP contribution in [0.1, 0.15) is 30.1 Å². The number of hydrogen-bond acceptors (Lipinski definition) is 5. The average Bonchev–Trinajstić information content (AvgIpc) is 2.93. The molecule has 0 bridgehead atoms. The summed E-state index contributed by atoms with van der Waals surface area (Å²) in [4.78, 5) is 6.55. The van der Waals surface area contributed by atoms with Gasteiger partial charge in [-0.3, -0.25) is 14.8 Å². The number of piperidine rings is 1. The summed E-state index contributed by atoms with van der Waals surface area (Å²) >= 11 is 0. The van der Waals surface area contributed by atoms with Crippen LogP contribution in [0, 0.1) is 6.92 Å². The molecule has 3 heterocycles. The number of aromatic nitrogens is 3. The lowest BCUT2D eigenvalue weighted by Gasteiger charge is -2.34. The van der Waals surface area contributed by atoms with Crippen LogP contribution in [0.2, 0.25) is 0 Å². The zero-order chi connectivity index (χ0) is 16.4. The Morgan fingerprint density at radius 3 is 3.00 bits per heavy atom. The molecule has 124 valence electrons. The van der Waals surface area contributed by atoms with E-state index in [0.717, 1.165) is 49.3 Å². The summed E-state index contributed by atoms with van der Waals surface area (Å²) < 4.78 is 25.5. The lowest BCUT2D eigenvalue weighted by atomic mass is 9.94. The highest BCUT2D eigenvalue weighted by molar-refractivity contribution is 7.92. The number of hydrogen-bond donors (Lipinski definition) is 2. The van der Waals surface area contributed by atoms with Crippen LogP contribution in [0.15, 0.2) is 24.5 Å². The van der Waals surface area contributed by atoms with Crippen LogP contribution >= 0.6 is 0 Å². The maximum absolute atomic E-state index is 11.5. The maximum Gasteiger partial charge on any atom is 0.229 e. The Morgan fingerprint density at radius 1 is 1.43 bits per heavy atom. The van der Waals surface area contributed by atoms with Gasteiger partial charge in [-0.1, -0.05) is 0 Å². The van der Waals surface area contributed by atoms with E-state index in [0.29, 0.717) is 5.69 Å². The summed E-state index contributed by atoms with van der Waals surface area (Å²) in [5.74, 6) is 0.212.